The van der Waals surface area contributed by atoms with Crippen molar-refractivity contribution in [3.63, 3.8) is 0 Å². The molecule has 1 unspecified atom stereocenters. The third-order valence-electron chi connectivity index (χ3n) is 2.86. The zero-order valence-electron chi connectivity index (χ0n) is 12.0. The highest BCUT2D eigenvalue weighted by atomic mass is 35.5. The average molecular weight is 336 g/mol. The van der Waals surface area contributed by atoms with Gasteiger partial charge in [0.1, 0.15) is 0 Å². The SMILES string of the molecule is CC(C)[C@H](N)C(=O)NCC(=O)NCC(O)c1ccsc1.Cl. The molecule has 1 rings (SSSR count). The van der Waals surface area contributed by atoms with E-state index in [-0.39, 0.29) is 43.2 Å². The van der Waals surface area contributed by atoms with Gasteiger partial charge < -0.3 is 21.5 Å². The summed E-state index contributed by atoms with van der Waals surface area (Å²) in [5, 5.41) is 18.5. The minimum Gasteiger partial charge on any atom is -0.387 e. The zero-order valence-corrected chi connectivity index (χ0v) is 13.7. The lowest BCUT2D eigenvalue weighted by Gasteiger charge is -2.15. The Hall–Kier alpha value is -1.15. The van der Waals surface area contributed by atoms with Gasteiger partial charge in [-0.05, 0) is 28.3 Å². The molecule has 0 bridgehead atoms. The van der Waals surface area contributed by atoms with Gasteiger partial charge in [0, 0.05) is 6.54 Å². The number of thiophene rings is 1. The standard InChI is InChI=1S/C13H21N3O3S.ClH/c1-8(2)12(14)13(19)16-6-11(18)15-5-10(17)9-3-4-20-7-9;/h3-4,7-8,10,12,17H,5-6,14H2,1-2H3,(H,15,18)(H,16,19);1H/t10?,12-;/m0./s1. The normalized spacial score (nSPS) is 13.2. The van der Waals surface area contributed by atoms with E-state index in [1.807, 2.05) is 24.6 Å². The zero-order chi connectivity index (χ0) is 15.1. The van der Waals surface area contributed by atoms with Crippen LogP contribution in [0.15, 0.2) is 16.8 Å². The van der Waals surface area contributed by atoms with E-state index >= 15 is 0 Å². The third-order valence-corrected chi connectivity index (χ3v) is 3.57. The first-order valence-corrected chi connectivity index (χ1v) is 7.36. The summed E-state index contributed by atoms with van der Waals surface area (Å²) >= 11 is 1.48. The fraction of sp³-hybridized carbons (Fsp3) is 0.538. The van der Waals surface area contributed by atoms with Gasteiger partial charge in [0.25, 0.3) is 0 Å². The molecule has 0 spiro atoms. The first kappa shape index (κ1) is 19.9. The number of aliphatic hydroxyl groups is 1. The van der Waals surface area contributed by atoms with Crippen molar-refractivity contribution in [1.29, 1.82) is 0 Å². The Bertz CT molecular complexity index is 440. The lowest BCUT2D eigenvalue weighted by atomic mass is 10.1. The Morgan fingerprint density at radius 2 is 2.05 bits per heavy atom. The summed E-state index contributed by atoms with van der Waals surface area (Å²) in [6.45, 7) is 3.64. The van der Waals surface area contributed by atoms with E-state index in [1.165, 1.54) is 11.3 Å². The molecule has 1 heterocycles. The van der Waals surface area contributed by atoms with Crippen molar-refractivity contribution < 1.29 is 14.7 Å². The molecule has 120 valence electrons. The fourth-order valence-electron chi connectivity index (χ4n) is 1.44. The second-order valence-corrected chi connectivity index (χ2v) is 5.64. The van der Waals surface area contributed by atoms with Gasteiger partial charge in [0.05, 0.1) is 18.7 Å². The number of hydrogen-bond donors (Lipinski definition) is 4. The summed E-state index contributed by atoms with van der Waals surface area (Å²) in [5.41, 5.74) is 6.41. The van der Waals surface area contributed by atoms with Crippen molar-refractivity contribution >= 4 is 35.6 Å². The van der Waals surface area contributed by atoms with E-state index in [4.69, 9.17) is 5.73 Å². The molecule has 6 nitrogen and oxygen atoms in total. The van der Waals surface area contributed by atoms with Crippen LogP contribution < -0.4 is 16.4 Å². The van der Waals surface area contributed by atoms with Crippen molar-refractivity contribution in [2.45, 2.75) is 26.0 Å². The molecule has 0 aliphatic rings. The molecule has 2 atom stereocenters. The molecule has 0 saturated carbocycles. The van der Waals surface area contributed by atoms with Crippen LogP contribution in [0.2, 0.25) is 0 Å². The van der Waals surface area contributed by atoms with Gasteiger partial charge >= 0.3 is 0 Å². The summed E-state index contributed by atoms with van der Waals surface area (Å²) in [4.78, 5) is 23.1. The lowest BCUT2D eigenvalue weighted by Crippen LogP contribution is -2.47. The predicted molar refractivity (Wildman–Crippen MR) is 85.4 cm³/mol. The number of aliphatic hydroxyl groups excluding tert-OH is 1. The Kier molecular flexibility index (Phi) is 9.19. The van der Waals surface area contributed by atoms with Crippen LogP contribution in [-0.2, 0) is 9.59 Å². The fourth-order valence-corrected chi connectivity index (χ4v) is 2.15. The van der Waals surface area contributed by atoms with E-state index in [1.54, 1.807) is 6.07 Å². The Morgan fingerprint density at radius 3 is 2.57 bits per heavy atom. The maximum Gasteiger partial charge on any atom is 0.239 e. The Balaban J connectivity index is 0.00000400. The van der Waals surface area contributed by atoms with Crippen LogP contribution in [-0.4, -0.2) is 36.1 Å². The van der Waals surface area contributed by atoms with Crippen molar-refractivity contribution in [3.8, 4) is 0 Å². The van der Waals surface area contributed by atoms with Gasteiger partial charge in [-0.15, -0.1) is 12.4 Å². The predicted octanol–water partition coefficient (Wildman–Crippen LogP) is 0.419. The molecule has 0 aromatic carbocycles. The van der Waals surface area contributed by atoms with Gasteiger partial charge in [-0.25, -0.2) is 0 Å². The van der Waals surface area contributed by atoms with Gasteiger partial charge in [-0.3, -0.25) is 9.59 Å². The Morgan fingerprint density at radius 1 is 1.38 bits per heavy atom. The van der Waals surface area contributed by atoms with E-state index < -0.39 is 12.1 Å². The highest BCUT2D eigenvalue weighted by Gasteiger charge is 2.17. The second-order valence-electron chi connectivity index (χ2n) is 4.86. The smallest absolute Gasteiger partial charge is 0.239 e. The van der Waals surface area contributed by atoms with Crippen LogP contribution >= 0.6 is 23.7 Å². The van der Waals surface area contributed by atoms with Crippen molar-refractivity contribution in [1.82, 2.24) is 10.6 Å². The molecule has 1 aromatic heterocycles. The number of nitrogens with one attached hydrogen (secondary N) is 2. The maximum atomic E-state index is 11.5. The van der Waals surface area contributed by atoms with E-state index in [0.717, 1.165) is 5.56 Å². The molecule has 0 fully saturated rings. The van der Waals surface area contributed by atoms with Crippen LogP contribution in [0.25, 0.3) is 0 Å². The lowest BCUT2D eigenvalue weighted by molar-refractivity contribution is -0.127. The van der Waals surface area contributed by atoms with Crippen LogP contribution in [0.3, 0.4) is 0 Å². The van der Waals surface area contributed by atoms with Crippen LogP contribution in [0.5, 0.6) is 0 Å². The molecule has 0 aliphatic carbocycles. The van der Waals surface area contributed by atoms with E-state index in [2.05, 4.69) is 10.6 Å². The average Bonchev–Trinajstić information content (AvgIpc) is 2.95. The quantitative estimate of drug-likeness (QED) is 0.579. The summed E-state index contributed by atoms with van der Waals surface area (Å²) in [5.74, 6) is -0.699. The van der Waals surface area contributed by atoms with E-state index in [0.29, 0.717) is 0 Å². The van der Waals surface area contributed by atoms with Crippen LogP contribution in [0.1, 0.15) is 25.5 Å². The first-order chi connectivity index (χ1) is 9.41. The number of carbonyl (C=O) groups is 2. The summed E-state index contributed by atoms with van der Waals surface area (Å²) in [7, 11) is 0. The number of rotatable bonds is 7. The molecular formula is C13H22ClN3O3S. The van der Waals surface area contributed by atoms with Crippen molar-refractivity contribution in [2.24, 2.45) is 11.7 Å². The largest absolute Gasteiger partial charge is 0.387 e. The minimum absolute atomic E-state index is 0. The molecular weight excluding hydrogens is 314 g/mol. The summed E-state index contributed by atoms with van der Waals surface area (Å²) in [6, 6.07) is 1.17. The number of nitrogens with two attached hydrogens (primary N) is 1. The molecule has 2 amide bonds. The Labute approximate surface area is 134 Å². The van der Waals surface area contributed by atoms with Gasteiger partial charge in [-0.1, -0.05) is 13.8 Å². The molecule has 5 N–H and O–H groups in total. The number of halogens is 1. The van der Waals surface area contributed by atoms with Crippen LogP contribution in [0, 0.1) is 5.92 Å². The topological polar surface area (TPSA) is 104 Å². The molecule has 8 heteroatoms. The second kappa shape index (κ2) is 9.73. The highest BCUT2D eigenvalue weighted by molar-refractivity contribution is 7.07. The molecule has 1 aromatic rings. The summed E-state index contributed by atoms with van der Waals surface area (Å²) < 4.78 is 0. The monoisotopic (exact) mass is 335 g/mol. The minimum atomic E-state index is -0.737. The number of hydrogen-bond acceptors (Lipinski definition) is 5. The first-order valence-electron chi connectivity index (χ1n) is 6.42. The highest BCUT2D eigenvalue weighted by Crippen LogP contribution is 2.14. The van der Waals surface area contributed by atoms with Gasteiger partial charge in [-0.2, -0.15) is 11.3 Å². The third kappa shape index (κ3) is 6.90. The van der Waals surface area contributed by atoms with Gasteiger partial charge in [0.2, 0.25) is 11.8 Å². The summed E-state index contributed by atoms with van der Waals surface area (Å²) in [6.07, 6.45) is -0.737. The molecule has 0 saturated heterocycles. The van der Waals surface area contributed by atoms with Crippen molar-refractivity contribution in [2.75, 3.05) is 13.1 Å². The molecule has 0 aliphatic heterocycles. The van der Waals surface area contributed by atoms with E-state index in [9.17, 15) is 14.7 Å². The number of carbonyl (C=O) groups excluding carboxylic acids is 2. The van der Waals surface area contributed by atoms with Gasteiger partial charge in [0.15, 0.2) is 0 Å². The van der Waals surface area contributed by atoms with Crippen molar-refractivity contribution in [3.05, 3.63) is 22.4 Å². The maximum absolute atomic E-state index is 11.5. The molecule has 0 radical (unpaired) electrons. The van der Waals surface area contributed by atoms with Crippen LogP contribution in [0.4, 0.5) is 0 Å². The molecule has 21 heavy (non-hydrogen) atoms. The number of amides is 2.